The van der Waals surface area contributed by atoms with Crippen LogP contribution in [-0.2, 0) is 42.9 Å². The van der Waals surface area contributed by atoms with Crippen molar-refractivity contribution in [2.45, 2.75) is 250 Å². The second-order valence-electron chi connectivity index (χ2n) is 19.5. The Bertz CT molecular complexity index is 1800. The Morgan fingerprint density at radius 3 is 1.30 bits per heavy atom. The Morgan fingerprint density at radius 1 is 0.442 bits per heavy atom. The van der Waals surface area contributed by atoms with E-state index in [4.69, 9.17) is 23.7 Å². The van der Waals surface area contributed by atoms with Gasteiger partial charge >= 0.3 is 23.9 Å². The topological polar surface area (TPSA) is 175 Å². The molecule has 0 radical (unpaired) electrons. The zero-order valence-corrected chi connectivity index (χ0v) is 47.7. The molecule has 3 N–H and O–H groups in total. The fourth-order valence-corrected chi connectivity index (χ4v) is 8.02. The molecular formula is C65H102O12. The van der Waals surface area contributed by atoms with E-state index >= 15 is 0 Å². The number of hydrogen-bond acceptors (Lipinski definition) is 11. The molecule has 1 aliphatic heterocycles. The van der Waals surface area contributed by atoms with Gasteiger partial charge in [-0.1, -0.05) is 200 Å². The van der Waals surface area contributed by atoms with Crippen LogP contribution < -0.4 is 0 Å². The Hall–Kier alpha value is -4.88. The quantitative estimate of drug-likeness (QED) is 0.0228. The van der Waals surface area contributed by atoms with E-state index in [-0.39, 0.29) is 25.9 Å². The summed E-state index contributed by atoms with van der Waals surface area (Å²) >= 11 is 0. The first-order chi connectivity index (χ1) is 37.6. The van der Waals surface area contributed by atoms with Crippen LogP contribution >= 0.6 is 0 Å². The summed E-state index contributed by atoms with van der Waals surface area (Å²) in [6.45, 7) is 5.65. The summed E-state index contributed by atoms with van der Waals surface area (Å²) in [5, 5.41) is 31.5. The van der Waals surface area contributed by atoms with Gasteiger partial charge in [0, 0.05) is 19.3 Å². The summed E-state index contributed by atoms with van der Waals surface area (Å²) in [6.07, 6.45) is 58.9. The average molecular weight is 1080 g/mol. The van der Waals surface area contributed by atoms with E-state index in [0.717, 1.165) is 135 Å². The van der Waals surface area contributed by atoms with Crippen LogP contribution in [0.25, 0.3) is 0 Å². The minimum absolute atomic E-state index is 0.0315. The highest BCUT2D eigenvalue weighted by Gasteiger charge is 2.50. The number of ether oxygens (including phenoxy) is 5. The van der Waals surface area contributed by atoms with Crippen LogP contribution in [0, 0.1) is 0 Å². The highest BCUT2D eigenvalue weighted by atomic mass is 16.7. The van der Waals surface area contributed by atoms with Gasteiger partial charge in [0.2, 0.25) is 0 Å². The molecule has 1 heterocycles. The Balaban J connectivity index is 2.71. The molecule has 434 valence electrons. The lowest BCUT2D eigenvalue weighted by Gasteiger charge is -2.40. The third-order valence-corrected chi connectivity index (χ3v) is 12.5. The SMILES string of the molecule is CC/C=C\C/C=C\C/C=C\C/C=C\C/C=C\CCCC(=O)OCC(COC1OC(C(=O)O)C(O)C(O)C1OC(=O)CCCCCCCC/C=C\C/C=C\C/C=C\C/C=C\CC)OC(=O)CCCCCCC/C=C\CCCC. The van der Waals surface area contributed by atoms with Crippen molar-refractivity contribution in [1.29, 1.82) is 0 Å². The number of aliphatic carboxylic acids is 1. The van der Waals surface area contributed by atoms with E-state index in [0.29, 0.717) is 25.7 Å². The van der Waals surface area contributed by atoms with Crippen molar-refractivity contribution in [3.8, 4) is 0 Å². The van der Waals surface area contributed by atoms with Crippen LogP contribution in [0.3, 0.4) is 0 Å². The van der Waals surface area contributed by atoms with E-state index < -0.39 is 67.3 Å². The summed E-state index contributed by atoms with van der Waals surface area (Å²) in [4.78, 5) is 51.1. The predicted octanol–water partition coefficient (Wildman–Crippen LogP) is 15.2. The lowest BCUT2D eigenvalue weighted by Crippen LogP contribution is -2.61. The molecule has 1 saturated heterocycles. The molecule has 0 amide bonds. The number of hydrogen-bond donors (Lipinski definition) is 3. The van der Waals surface area contributed by atoms with Crippen LogP contribution in [0.2, 0.25) is 0 Å². The zero-order valence-electron chi connectivity index (χ0n) is 47.7. The first-order valence-electron chi connectivity index (χ1n) is 29.5. The number of carboxylic acid groups (broad SMARTS) is 1. The summed E-state index contributed by atoms with van der Waals surface area (Å²) in [6, 6.07) is 0. The number of rotatable bonds is 48. The molecule has 12 heteroatoms. The van der Waals surface area contributed by atoms with Crippen LogP contribution in [0.5, 0.6) is 0 Å². The molecule has 0 saturated carbocycles. The van der Waals surface area contributed by atoms with Gasteiger partial charge in [-0.3, -0.25) is 14.4 Å². The molecule has 0 aliphatic carbocycles. The van der Waals surface area contributed by atoms with E-state index in [9.17, 15) is 34.5 Å². The van der Waals surface area contributed by atoms with Gasteiger partial charge in [0.25, 0.3) is 0 Å². The maximum absolute atomic E-state index is 13.1. The van der Waals surface area contributed by atoms with Crippen molar-refractivity contribution in [3.05, 3.63) is 122 Å². The van der Waals surface area contributed by atoms with Gasteiger partial charge in [0.05, 0.1) is 6.61 Å². The van der Waals surface area contributed by atoms with Crippen LogP contribution in [0.15, 0.2) is 122 Å². The number of carbonyl (C=O) groups is 4. The van der Waals surface area contributed by atoms with Gasteiger partial charge in [-0.2, -0.15) is 0 Å². The minimum Gasteiger partial charge on any atom is -0.479 e. The number of esters is 3. The maximum atomic E-state index is 13.1. The second-order valence-corrected chi connectivity index (χ2v) is 19.5. The van der Waals surface area contributed by atoms with E-state index in [1.807, 2.05) is 6.08 Å². The average Bonchev–Trinajstić information content (AvgIpc) is 3.41. The van der Waals surface area contributed by atoms with Gasteiger partial charge in [-0.25, -0.2) is 4.79 Å². The molecule has 0 aromatic heterocycles. The van der Waals surface area contributed by atoms with Gasteiger partial charge in [-0.15, -0.1) is 0 Å². The fraction of sp³-hybridized carbons (Fsp3) is 0.631. The largest absolute Gasteiger partial charge is 0.479 e. The van der Waals surface area contributed by atoms with E-state index in [1.165, 1.54) is 12.8 Å². The Morgan fingerprint density at radius 2 is 0.831 bits per heavy atom. The van der Waals surface area contributed by atoms with Crippen molar-refractivity contribution >= 4 is 23.9 Å². The zero-order chi connectivity index (χ0) is 56.1. The van der Waals surface area contributed by atoms with Crippen molar-refractivity contribution in [2.24, 2.45) is 0 Å². The third kappa shape index (κ3) is 41.8. The first-order valence-corrected chi connectivity index (χ1v) is 29.5. The molecule has 1 aliphatic rings. The number of aliphatic hydroxyl groups excluding tert-OH is 2. The predicted molar refractivity (Wildman–Crippen MR) is 312 cm³/mol. The summed E-state index contributed by atoms with van der Waals surface area (Å²) in [5.74, 6) is -3.25. The Kier molecular flexibility index (Phi) is 47.2. The molecular weight excluding hydrogens is 973 g/mol. The molecule has 0 aromatic rings. The molecule has 0 aromatic carbocycles. The summed E-state index contributed by atoms with van der Waals surface area (Å²) in [5.41, 5.74) is 0. The van der Waals surface area contributed by atoms with Gasteiger partial charge < -0.3 is 39.0 Å². The van der Waals surface area contributed by atoms with Crippen LogP contribution in [-0.4, -0.2) is 89.2 Å². The highest BCUT2D eigenvalue weighted by Crippen LogP contribution is 2.26. The maximum Gasteiger partial charge on any atom is 0.335 e. The van der Waals surface area contributed by atoms with Gasteiger partial charge in [-0.05, 0) is 116 Å². The van der Waals surface area contributed by atoms with Crippen molar-refractivity contribution in [3.63, 3.8) is 0 Å². The molecule has 1 rings (SSSR count). The number of carboxylic acids is 1. The third-order valence-electron chi connectivity index (χ3n) is 12.5. The molecule has 0 bridgehead atoms. The number of allylic oxidation sites excluding steroid dienone is 20. The van der Waals surface area contributed by atoms with Gasteiger partial charge in [0.1, 0.15) is 18.8 Å². The van der Waals surface area contributed by atoms with Crippen molar-refractivity contribution in [2.75, 3.05) is 13.2 Å². The summed E-state index contributed by atoms with van der Waals surface area (Å²) in [7, 11) is 0. The van der Waals surface area contributed by atoms with E-state index in [2.05, 4.69) is 136 Å². The van der Waals surface area contributed by atoms with Crippen LogP contribution in [0.1, 0.15) is 213 Å². The molecule has 6 unspecified atom stereocenters. The number of unbranched alkanes of at least 4 members (excludes halogenated alkanes) is 14. The van der Waals surface area contributed by atoms with E-state index in [1.54, 1.807) is 0 Å². The molecule has 0 spiro atoms. The fourth-order valence-electron chi connectivity index (χ4n) is 8.02. The van der Waals surface area contributed by atoms with Crippen LogP contribution in [0.4, 0.5) is 0 Å². The number of carbonyl (C=O) groups excluding carboxylic acids is 3. The lowest BCUT2D eigenvalue weighted by atomic mass is 9.98. The molecule has 6 atom stereocenters. The molecule has 1 fully saturated rings. The first kappa shape index (κ1) is 70.1. The highest BCUT2D eigenvalue weighted by molar-refractivity contribution is 5.74. The lowest BCUT2D eigenvalue weighted by molar-refractivity contribution is -0.301. The normalized spacial score (nSPS) is 18.9. The monoisotopic (exact) mass is 1070 g/mol. The summed E-state index contributed by atoms with van der Waals surface area (Å²) < 4.78 is 28.3. The smallest absolute Gasteiger partial charge is 0.335 e. The second kappa shape index (κ2) is 51.9. The Labute approximate surface area is 465 Å². The standard InChI is InChI=1S/C65H102O12/c1-4-7-10-13-16-19-22-24-26-28-29-31-33-35-38-41-44-47-50-53-59(68)76-63-61(70)60(69)62(64(71)72)77-65(63)74-55-56(75-58(67)52-49-46-43-40-36-21-18-15-12-9-6-3)54-73-57(66)51-48-45-42-39-37-34-32-30-27-25-23-20-17-14-11-8-5-2/h7-8,10-11,15-20,24-27,29,31-32,34,39,42,56,60-63,65,69-70H,4-6,9,12-14,21-23,28,30,33,35-38,40-41,43-55H2,1-3H3,(H,71,72)/b10-7-,11-8-,18-15-,19-16-,20-17-,26-24-,27-25-,31-29-,34-32-,42-39-. The van der Waals surface area contributed by atoms with Crippen molar-refractivity contribution < 1.29 is 58.2 Å². The minimum atomic E-state index is -1.92. The molecule has 77 heavy (non-hydrogen) atoms. The molecule has 12 nitrogen and oxygen atoms in total. The van der Waals surface area contributed by atoms with Gasteiger partial charge in [0.15, 0.2) is 24.6 Å². The van der Waals surface area contributed by atoms with Crippen molar-refractivity contribution in [1.82, 2.24) is 0 Å². The number of aliphatic hydroxyl groups is 2.